The van der Waals surface area contributed by atoms with Gasteiger partial charge in [0.2, 0.25) is 5.91 Å². The number of carbonyl (C=O) groups is 1. The molecule has 0 rings (SSSR count). The van der Waals surface area contributed by atoms with Crippen LogP contribution in [0.2, 0.25) is 0 Å². The van der Waals surface area contributed by atoms with Crippen molar-refractivity contribution in [2.24, 2.45) is 0 Å². The Bertz CT molecular complexity index is 1040. The molecule has 1 amide bonds. The zero-order chi connectivity index (χ0) is 46.5. The Hall–Kier alpha value is -1.69. The summed E-state index contributed by atoms with van der Waals surface area (Å²) in [6.07, 6.45) is 71.6. The van der Waals surface area contributed by atoms with E-state index in [-0.39, 0.29) is 18.9 Å². The average molecular weight is 899 g/mol. The maximum absolute atomic E-state index is 12.5. The summed E-state index contributed by atoms with van der Waals surface area (Å²) in [5.74, 6) is -0.326. The number of rotatable bonds is 52. The molecule has 5 heteroatoms. The molecule has 0 bridgehead atoms. The van der Waals surface area contributed by atoms with Crippen molar-refractivity contribution in [1.29, 1.82) is 0 Å². The SMILES string of the molecule is CCCCCCCCCCC/C=C\C/C=C\CCCCCCCCCCCC(O)CC(=O)NC(CO)C(O)/C=C/CC/C=C/CCCCCCCCCCCCCCCCCCCC. The third-order valence-electron chi connectivity index (χ3n) is 13.1. The number of hydrogen-bond acceptors (Lipinski definition) is 4. The average Bonchev–Trinajstić information content (AvgIpc) is 3.29. The van der Waals surface area contributed by atoms with Crippen molar-refractivity contribution in [3.05, 3.63) is 48.6 Å². The standard InChI is InChI=1S/C59H111NO4/c1-3-5-7-9-11-13-15-17-19-21-23-25-27-29-30-32-34-36-38-40-42-44-46-48-50-52-56(62)54-59(64)60-57(55-61)58(63)53-51-49-47-45-43-41-39-37-35-33-31-28-26-24-22-20-18-16-14-12-10-8-6-4-2/h23,25,29-30,43,45,51,53,56-58,61-63H,3-22,24,26-28,31-42,44,46-50,52,54-55H2,1-2H3,(H,60,64)/b25-23-,30-29-,45-43+,53-51+. The van der Waals surface area contributed by atoms with Crippen LogP contribution in [-0.4, -0.2) is 46.1 Å². The van der Waals surface area contributed by atoms with E-state index < -0.39 is 18.2 Å². The highest BCUT2D eigenvalue weighted by molar-refractivity contribution is 5.76. The Kier molecular flexibility index (Phi) is 52.5. The van der Waals surface area contributed by atoms with E-state index in [9.17, 15) is 20.1 Å². The molecule has 0 aromatic rings. The molecule has 5 nitrogen and oxygen atoms in total. The smallest absolute Gasteiger partial charge is 0.222 e. The van der Waals surface area contributed by atoms with Gasteiger partial charge in [0.15, 0.2) is 0 Å². The number of amides is 1. The third-order valence-corrected chi connectivity index (χ3v) is 13.1. The van der Waals surface area contributed by atoms with Gasteiger partial charge in [0.05, 0.1) is 31.3 Å². The minimum Gasteiger partial charge on any atom is -0.394 e. The summed E-state index contributed by atoms with van der Waals surface area (Å²) in [7, 11) is 0. The fraction of sp³-hybridized carbons (Fsp3) is 0.847. The van der Waals surface area contributed by atoms with Crippen LogP contribution in [-0.2, 0) is 4.79 Å². The van der Waals surface area contributed by atoms with Crippen LogP contribution in [0.3, 0.4) is 0 Å². The van der Waals surface area contributed by atoms with E-state index in [4.69, 9.17) is 0 Å². The van der Waals surface area contributed by atoms with Gasteiger partial charge >= 0.3 is 0 Å². The Morgan fingerprint density at radius 2 is 0.719 bits per heavy atom. The molecule has 0 aliphatic heterocycles. The number of unbranched alkanes of at least 4 members (excludes halogenated alkanes) is 37. The lowest BCUT2D eigenvalue weighted by molar-refractivity contribution is -0.124. The van der Waals surface area contributed by atoms with Gasteiger partial charge in [-0.05, 0) is 64.2 Å². The molecule has 4 N–H and O–H groups in total. The highest BCUT2D eigenvalue weighted by Crippen LogP contribution is 2.17. The lowest BCUT2D eigenvalue weighted by Crippen LogP contribution is -2.45. The van der Waals surface area contributed by atoms with Gasteiger partial charge in [-0.3, -0.25) is 4.79 Å². The normalized spacial score (nSPS) is 13.6. The minimum atomic E-state index is -0.955. The van der Waals surface area contributed by atoms with Crippen molar-refractivity contribution >= 4 is 5.91 Å². The quantitative estimate of drug-likeness (QED) is 0.0362. The topological polar surface area (TPSA) is 89.8 Å². The highest BCUT2D eigenvalue weighted by atomic mass is 16.3. The van der Waals surface area contributed by atoms with E-state index in [0.717, 1.165) is 38.5 Å². The zero-order valence-corrected chi connectivity index (χ0v) is 42.9. The minimum absolute atomic E-state index is 0.00247. The van der Waals surface area contributed by atoms with Crippen molar-refractivity contribution in [3.63, 3.8) is 0 Å². The van der Waals surface area contributed by atoms with Crippen molar-refractivity contribution in [1.82, 2.24) is 5.32 Å². The maximum atomic E-state index is 12.5. The Morgan fingerprint density at radius 1 is 0.406 bits per heavy atom. The Balaban J connectivity index is 3.63. The Morgan fingerprint density at radius 3 is 1.09 bits per heavy atom. The van der Waals surface area contributed by atoms with Crippen LogP contribution >= 0.6 is 0 Å². The van der Waals surface area contributed by atoms with E-state index in [2.05, 4.69) is 55.6 Å². The number of carbonyl (C=O) groups excluding carboxylic acids is 1. The second-order valence-corrected chi connectivity index (χ2v) is 19.5. The predicted octanol–water partition coefficient (Wildman–Crippen LogP) is 17.6. The van der Waals surface area contributed by atoms with Gasteiger partial charge in [-0.1, -0.05) is 274 Å². The molecule has 0 aliphatic carbocycles. The van der Waals surface area contributed by atoms with Crippen molar-refractivity contribution < 1.29 is 20.1 Å². The molecule has 0 spiro atoms. The van der Waals surface area contributed by atoms with Crippen molar-refractivity contribution in [3.8, 4) is 0 Å². The summed E-state index contributed by atoms with van der Waals surface area (Å²) in [6.45, 7) is 4.23. The molecule has 3 unspecified atom stereocenters. The number of allylic oxidation sites excluding steroid dienone is 7. The van der Waals surface area contributed by atoms with E-state index in [1.807, 2.05) is 6.08 Å². The summed E-state index contributed by atoms with van der Waals surface area (Å²) in [6, 6.07) is -0.765. The molecule has 64 heavy (non-hydrogen) atoms. The number of aliphatic hydroxyl groups is 3. The van der Waals surface area contributed by atoms with Gasteiger partial charge in [-0.25, -0.2) is 0 Å². The molecule has 0 aromatic carbocycles. The Labute approximate surface area is 399 Å². The number of nitrogens with one attached hydrogen (secondary N) is 1. The third kappa shape index (κ3) is 49.7. The van der Waals surface area contributed by atoms with Gasteiger partial charge < -0.3 is 20.6 Å². The molecule has 0 saturated carbocycles. The summed E-state index contributed by atoms with van der Waals surface area (Å²) < 4.78 is 0. The van der Waals surface area contributed by atoms with Gasteiger partial charge in [-0.2, -0.15) is 0 Å². The van der Waals surface area contributed by atoms with Crippen LogP contribution in [0, 0.1) is 0 Å². The summed E-state index contributed by atoms with van der Waals surface area (Å²) in [5.41, 5.74) is 0. The van der Waals surface area contributed by atoms with E-state index in [1.54, 1.807) is 6.08 Å². The molecule has 0 aliphatic rings. The van der Waals surface area contributed by atoms with Crippen LogP contribution in [0.15, 0.2) is 48.6 Å². The van der Waals surface area contributed by atoms with Crippen molar-refractivity contribution in [2.75, 3.05) is 6.61 Å². The second-order valence-electron chi connectivity index (χ2n) is 19.5. The first-order chi connectivity index (χ1) is 31.5. The molecule has 3 atom stereocenters. The lowest BCUT2D eigenvalue weighted by Gasteiger charge is -2.21. The first-order valence-corrected chi connectivity index (χ1v) is 28.4. The first-order valence-electron chi connectivity index (χ1n) is 28.4. The molecule has 376 valence electrons. The van der Waals surface area contributed by atoms with E-state index in [0.29, 0.717) is 6.42 Å². The summed E-state index contributed by atoms with van der Waals surface area (Å²) >= 11 is 0. The molecule has 0 saturated heterocycles. The second kappa shape index (κ2) is 53.9. The monoisotopic (exact) mass is 898 g/mol. The van der Waals surface area contributed by atoms with E-state index in [1.165, 1.54) is 231 Å². The van der Waals surface area contributed by atoms with Gasteiger partial charge in [-0.15, -0.1) is 0 Å². The van der Waals surface area contributed by atoms with Crippen LogP contribution < -0.4 is 5.32 Å². The maximum Gasteiger partial charge on any atom is 0.222 e. The molecule has 0 radical (unpaired) electrons. The van der Waals surface area contributed by atoms with Crippen LogP contribution in [0.5, 0.6) is 0 Å². The van der Waals surface area contributed by atoms with E-state index >= 15 is 0 Å². The summed E-state index contributed by atoms with van der Waals surface area (Å²) in [5, 5.41) is 33.4. The molecule has 0 heterocycles. The van der Waals surface area contributed by atoms with Gasteiger partial charge in [0.1, 0.15) is 0 Å². The lowest BCUT2D eigenvalue weighted by atomic mass is 10.0. The molecular weight excluding hydrogens is 787 g/mol. The molecular formula is C59H111NO4. The predicted molar refractivity (Wildman–Crippen MR) is 282 cm³/mol. The molecule has 0 fully saturated rings. The first kappa shape index (κ1) is 62.3. The largest absolute Gasteiger partial charge is 0.394 e. The summed E-state index contributed by atoms with van der Waals surface area (Å²) in [4.78, 5) is 12.5. The van der Waals surface area contributed by atoms with Gasteiger partial charge in [0, 0.05) is 0 Å². The fourth-order valence-electron chi connectivity index (χ4n) is 8.74. The van der Waals surface area contributed by atoms with Gasteiger partial charge in [0.25, 0.3) is 0 Å². The molecule has 0 aromatic heterocycles. The number of hydrogen-bond donors (Lipinski definition) is 4. The van der Waals surface area contributed by atoms with Crippen molar-refractivity contribution in [2.45, 2.75) is 315 Å². The fourth-order valence-corrected chi connectivity index (χ4v) is 8.74. The van der Waals surface area contributed by atoms with Crippen LogP contribution in [0.1, 0.15) is 296 Å². The van der Waals surface area contributed by atoms with Crippen LogP contribution in [0.4, 0.5) is 0 Å². The highest BCUT2D eigenvalue weighted by Gasteiger charge is 2.20. The zero-order valence-electron chi connectivity index (χ0n) is 42.9. The van der Waals surface area contributed by atoms with Crippen LogP contribution in [0.25, 0.3) is 0 Å². The number of aliphatic hydroxyl groups excluding tert-OH is 3.